The molecule has 0 radical (unpaired) electrons. The molecule has 1 saturated carbocycles. The molecule has 0 N–H and O–H groups in total. The molecule has 1 aliphatic carbocycles. The Morgan fingerprint density at radius 2 is 1.32 bits per heavy atom. The van der Waals surface area contributed by atoms with Gasteiger partial charge in [-0.05, 0) is 0 Å². The van der Waals surface area contributed by atoms with Crippen LogP contribution in [0.1, 0.15) is 6.92 Å². The summed E-state index contributed by atoms with van der Waals surface area (Å²) in [6.07, 6.45) is -13.1. The van der Waals surface area contributed by atoms with E-state index in [2.05, 4.69) is 4.74 Å². The number of hydrogen-bond acceptors (Lipinski definition) is 3. The molecule has 1 rings (SSSR count). The van der Waals surface area contributed by atoms with E-state index in [0.29, 0.717) is 12.1 Å². The Morgan fingerprint density at radius 3 is 1.53 bits per heavy atom. The first kappa shape index (κ1) is 15.6. The van der Waals surface area contributed by atoms with Crippen LogP contribution in [0, 0.1) is 39.4 Å². The van der Waals surface area contributed by atoms with Gasteiger partial charge in [0.15, 0.2) is 5.41 Å². The van der Waals surface area contributed by atoms with Gasteiger partial charge in [-0.15, -0.1) is 0 Å². The molecular weight excluding hydrogens is 278 g/mol. The molecule has 4 atom stereocenters. The zero-order chi connectivity index (χ0) is 15.3. The summed E-state index contributed by atoms with van der Waals surface area (Å²) in [4.78, 5) is 0. The van der Waals surface area contributed by atoms with Gasteiger partial charge in [0.2, 0.25) is 5.41 Å². The summed E-state index contributed by atoms with van der Waals surface area (Å²) in [5, 5.41) is 17.4. The lowest BCUT2D eigenvalue weighted by atomic mass is 9.42. The lowest BCUT2D eigenvalue weighted by molar-refractivity contribution is -0.401. The third kappa shape index (κ3) is 1.42. The monoisotopic (exact) mass is 286 g/mol. The average Bonchev–Trinajstić information content (AvgIpc) is 2.23. The first-order chi connectivity index (χ1) is 8.47. The van der Waals surface area contributed by atoms with E-state index < -0.39 is 35.2 Å². The molecule has 1 fully saturated rings. The van der Waals surface area contributed by atoms with Crippen LogP contribution < -0.4 is 0 Å². The van der Waals surface area contributed by atoms with E-state index in [4.69, 9.17) is 10.5 Å². The fourth-order valence-corrected chi connectivity index (χ4v) is 2.81. The minimum absolute atomic E-state index is 0.642. The Hall–Kier alpha value is -1.48. The average molecular weight is 286 g/mol. The number of ether oxygens (including phenoxy) is 1. The molecule has 0 saturated heterocycles. The SMILES string of the molecule is CO[C@H]1[C@H](C)[C@](C#N)(C(F)(F)F)[C@@]1(C#N)C(F)(F)F. The number of halogens is 6. The fourth-order valence-electron chi connectivity index (χ4n) is 2.81. The Morgan fingerprint density at radius 1 is 0.947 bits per heavy atom. The number of nitrogens with zero attached hydrogens (tertiary/aromatic N) is 2. The molecule has 3 nitrogen and oxygen atoms in total. The largest absolute Gasteiger partial charge is 0.411 e. The summed E-state index contributed by atoms with van der Waals surface area (Å²) in [5.41, 5.74) is -7.74. The van der Waals surface area contributed by atoms with Crippen LogP contribution in [0.3, 0.4) is 0 Å². The van der Waals surface area contributed by atoms with E-state index >= 15 is 0 Å². The molecule has 0 unspecified atom stereocenters. The van der Waals surface area contributed by atoms with Gasteiger partial charge in [-0.3, -0.25) is 0 Å². The molecule has 0 aromatic carbocycles. The third-order valence-corrected chi connectivity index (χ3v) is 3.69. The van der Waals surface area contributed by atoms with Gasteiger partial charge < -0.3 is 4.74 Å². The number of methoxy groups -OCH3 is 1. The van der Waals surface area contributed by atoms with Gasteiger partial charge >= 0.3 is 12.4 Å². The van der Waals surface area contributed by atoms with Crippen molar-refractivity contribution in [2.45, 2.75) is 25.4 Å². The topological polar surface area (TPSA) is 56.8 Å². The second kappa shape index (κ2) is 4.01. The van der Waals surface area contributed by atoms with E-state index in [-0.39, 0.29) is 0 Å². The molecule has 0 aromatic rings. The highest BCUT2D eigenvalue weighted by Gasteiger charge is 2.90. The minimum atomic E-state index is -5.54. The van der Waals surface area contributed by atoms with E-state index in [1.165, 1.54) is 0 Å². The molecule has 0 spiro atoms. The van der Waals surface area contributed by atoms with Crippen LogP contribution in [-0.4, -0.2) is 25.6 Å². The molecule has 19 heavy (non-hydrogen) atoms. The molecule has 1 aliphatic rings. The highest BCUT2D eigenvalue weighted by molar-refractivity contribution is 5.37. The summed E-state index contributed by atoms with van der Waals surface area (Å²) in [5.74, 6) is -1.80. The van der Waals surface area contributed by atoms with Crippen molar-refractivity contribution in [2.75, 3.05) is 7.11 Å². The predicted octanol–water partition coefficient (Wildman–Crippen LogP) is 2.80. The predicted molar refractivity (Wildman–Crippen MR) is 48.2 cm³/mol. The summed E-state index contributed by atoms with van der Waals surface area (Å²) < 4.78 is 82.5. The van der Waals surface area contributed by atoms with Crippen LogP contribution in [0.5, 0.6) is 0 Å². The number of nitriles is 2. The maximum absolute atomic E-state index is 13.0. The second-order valence-corrected chi connectivity index (χ2v) is 4.28. The minimum Gasteiger partial charge on any atom is -0.379 e. The van der Waals surface area contributed by atoms with Gasteiger partial charge in [0, 0.05) is 13.0 Å². The molecule has 0 amide bonds. The van der Waals surface area contributed by atoms with Gasteiger partial charge in [-0.1, -0.05) is 6.92 Å². The van der Waals surface area contributed by atoms with E-state index in [0.717, 1.165) is 14.0 Å². The Bertz CT molecular complexity index is 459. The zero-order valence-electron chi connectivity index (χ0n) is 9.73. The number of rotatable bonds is 1. The zero-order valence-corrected chi connectivity index (χ0v) is 9.73. The number of alkyl halides is 6. The number of hydrogen-bond donors (Lipinski definition) is 0. The third-order valence-electron chi connectivity index (χ3n) is 3.69. The van der Waals surface area contributed by atoms with Crippen molar-refractivity contribution in [2.24, 2.45) is 16.7 Å². The summed E-state index contributed by atoms with van der Waals surface area (Å²) in [7, 11) is 0.774. The lowest BCUT2D eigenvalue weighted by Crippen LogP contribution is -2.77. The van der Waals surface area contributed by atoms with Crippen molar-refractivity contribution < 1.29 is 31.1 Å². The van der Waals surface area contributed by atoms with Gasteiger partial charge in [0.05, 0.1) is 18.2 Å². The van der Waals surface area contributed by atoms with E-state index in [1.54, 1.807) is 0 Å². The van der Waals surface area contributed by atoms with Gasteiger partial charge in [-0.2, -0.15) is 36.9 Å². The van der Waals surface area contributed by atoms with Gasteiger partial charge in [0.25, 0.3) is 0 Å². The van der Waals surface area contributed by atoms with E-state index in [9.17, 15) is 26.3 Å². The van der Waals surface area contributed by atoms with Crippen LogP contribution in [0.25, 0.3) is 0 Å². The highest BCUT2D eigenvalue weighted by Crippen LogP contribution is 2.72. The molecular formula is C10H8F6N2O. The van der Waals surface area contributed by atoms with Crippen molar-refractivity contribution in [3.05, 3.63) is 0 Å². The van der Waals surface area contributed by atoms with Crippen molar-refractivity contribution in [1.82, 2.24) is 0 Å². The first-order valence-electron chi connectivity index (χ1n) is 4.96. The maximum atomic E-state index is 13.0. The Labute approximate surface area is 104 Å². The van der Waals surface area contributed by atoms with E-state index in [1.807, 2.05) is 0 Å². The molecule has 106 valence electrons. The van der Waals surface area contributed by atoms with Crippen molar-refractivity contribution in [3.8, 4) is 12.1 Å². The second-order valence-electron chi connectivity index (χ2n) is 4.28. The highest BCUT2D eigenvalue weighted by atomic mass is 19.4. The standard InChI is InChI=1S/C10H8F6N2O/c1-5-6(19-2)8(4-18,10(14,15)16)7(5,3-17)9(11,12)13/h5-6H,1-2H3/t5-,6-,7-,8-/m0/s1. The summed E-state index contributed by atoms with van der Waals surface area (Å²) in [6, 6.07) is 1.31. The molecule has 9 heteroatoms. The van der Waals surface area contributed by atoms with Gasteiger partial charge in [0.1, 0.15) is 0 Å². The molecule has 0 heterocycles. The smallest absolute Gasteiger partial charge is 0.379 e. The molecule has 0 aromatic heterocycles. The van der Waals surface area contributed by atoms with Crippen LogP contribution in [0.2, 0.25) is 0 Å². The normalized spacial score (nSPS) is 39.1. The van der Waals surface area contributed by atoms with Crippen LogP contribution in [0.4, 0.5) is 26.3 Å². The summed E-state index contributed by atoms with van der Waals surface area (Å²) in [6.45, 7) is 0.812. The van der Waals surface area contributed by atoms with Crippen molar-refractivity contribution >= 4 is 0 Å². The Balaban J connectivity index is 3.66. The lowest BCUT2D eigenvalue weighted by Gasteiger charge is -2.60. The van der Waals surface area contributed by atoms with Crippen molar-refractivity contribution in [1.29, 1.82) is 10.5 Å². The van der Waals surface area contributed by atoms with Crippen LogP contribution in [0.15, 0.2) is 0 Å². The van der Waals surface area contributed by atoms with Crippen LogP contribution in [-0.2, 0) is 4.74 Å². The maximum Gasteiger partial charge on any atom is 0.411 e. The Kier molecular flexibility index (Phi) is 3.28. The fraction of sp³-hybridized carbons (Fsp3) is 0.800. The summed E-state index contributed by atoms with van der Waals surface area (Å²) >= 11 is 0. The molecule has 0 aliphatic heterocycles. The van der Waals surface area contributed by atoms with Crippen molar-refractivity contribution in [3.63, 3.8) is 0 Å². The van der Waals surface area contributed by atoms with Crippen LogP contribution >= 0.6 is 0 Å². The quantitative estimate of drug-likeness (QED) is 0.696. The first-order valence-corrected chi connectivity index (χ1v) is 4.96. The van der Waals surface area contributed by atoms with Gasteiger partial charge in [-0.25, -0.2) is 0 Å². The molecule has 0 bridgehead atoms.